The quantitative estimate of drug-likeness (QED) is 0.744. The van der Waals surface area contributed by atoms with Crippen molar-refractivity contribution in [2.24, 2.45) is 5.92 Å². The Labute approximate surface area is 105 Å². The smallest absolute Gasteiger partial charge is 0.201 e. The fourth-order valence-electron chi connectivity index (χ4n) is 2.37. The molecule has 0 aliphatic heterocycles. The summed E-state index contributed by atoms with van der Waals surface area (Å²) in [7, 11) is 0. The van der Waals surface area contributed by atoms with Crippen LogP contribution in [0.2, 0.25) is 0 Å². The molecule has 1 aromatic rings. The molecule has 1 aromatic heterocycles. The highest BCUT2D eigenvalue weighted by Gasteiger charge is 2.23. The fourth-order valence-corrected chi connectivity index (χ4v) is 2.67. The second-order valence-corrected chi connectivity index (χ2v) is 5.29. The number of hydrogen-bond donors (Lipinski definition) is 0. The zero-order chi connectivity index (χ0) is 11.4. The lowest BCUT2D eigenvalue weighted by Gasteiger charge is -2.17. The first-order chi connectivity index (χ1) is 7.77. The van der Waals surface area contributed by atoms with Gasteiger partial charge in [0, 0.05) is 5.92 Å². The molecule has 0 spiro atoms. The fraction of sp³-hybridized carbons (Fsp3) is 0.615. The van der Waals surface area contributed by atoms with E-state index in [4.69, 9.17) is 4.42 Å². The molecule has 2 rings (SSSR count). The van der Waals surface area contributed by atoms with Crippen LogP contribution in [0.5, 0.6) is 0 Å². The zero-order valence-electron chi connectivity index (χ0n) is 9.38. The normalized spacial score (nSPS) is 19.1. The van der Waals surface area contributed by atoms with Gasteiger partial charge in [-0.15, -0.1) is 0 Å². The molecule has 0 radical (unpaired) electrons. The van der Waals surface area contributed by atoms with Crippen LogP contribution >= 0.6 is 15.9 Å². The predicted molar refractivity (Wildman–Crippen MR) is 66.5 cm³/mol. The number of halogens is 1. The van der Waals surface area contributed by atoms with Gasteiger partial charge >= 0.3 is 0 Å². The molecule has 3 heteroatoms. The van der Waals surface area contributed by atoms with Gasteiger partial charge in [-0.05, 0) is 40.9 Å². The van der Waals surface area contributed by atoms with Gasteiger partial charge in [0.25, 0.3) is 0 Å². The SMILES string of the molecule is O=C(c1ccc(Br)o1)C1CCCCCCC1. The van der Waals surface area contributed by atoms with E-state index in [1.807, 2.05) is 0 Å². The summed E-state index contributed by atoms with van der Waals surface area (Å²) in [5.41, 5.74) is 0. The van der Waals surface area contributed by atoms with E-state index in [9.17, 15) is 4.79 Å². The highest BCUT2D eigenvalue weighted by Crippen LogP contribution is 2.26. The molecule has 0 atom stereocenters. The average Bonchev–Trinajstić information content (AvgIpc) is 2.63. The number of carbonyl (C=O) groups excluding carboxylic acids is 1. The number of hydrogen-bond acceptors (Lipinski definition) is 2. The maximum atomic E-state index is 12.2. The van der Waals surface area contributed by atoms with Crippen molar-refractivity contribution in [1.82, 2.24) is 0 Å². The summed E-state index contributed by atoms with van der Waals surface area (Å²) >= 11 is 3.23. The third-order valence-corrected chi connectivity index (χ3v) is 3.72. The van der Waals surface area contributed by atoms with Crippen LogP contribution in [-0.4, -0.2) is 5.78 Å². The highest BCUT2D eigenvalue weighted by atomic mass is 79.9. The molecule has 1 fully saturated rings. The molecule has 16 heavy (non-hydrogen) atoms. The predicted octanol–water partition coefficient (Wildman–Crippen LogP) is 4.59. The van der Waals surface area contributed by atoms with E-state index in [-0.39, 0.29) is 11.7 Å². The van der Waals surface area contributed by atoms with Gasteiger partial charge in [0.05, 0.1) is 0 Å². The first kappa shape index (κ1) is 11.9. The van der Waals surface area contributed by atoms with Crippen LogP contribution in [-0.2, 0) is 0 Å². The van der Waals surface area contributed by atoms with Crippen LogP contribution in [0.1, 0.15) is 55.5 Å². The third-order valence-electron chi connectivity index (χ3n) is 3.29. The minimum Gasteiger partial charge on any atom is -0.446 e. The number of furan rings is 1. The topological polar surface area (TPSA) is 30.2 Å². The van der Waals surface area contributed by atoms with E-state index in [2.05, 4.69) is 15.9 Å². The Bertz CT molecular complexity index is 349. The lowest BCUT2D eigenvalue weighted by Crippen LogP contribution is -2.15. The van der Waals surface area contributed by atoms with Crippen molar-refractivity contribution in [3.05, 3.63) is 22.6 Å². The lowest BCUT2D eigenvalue weighted by molar-refractivity contribution is 0.0868. The molecular formula is C13H17BrO2. The Kier molecular flexibility index (Phi) is 4.22. The van der Waals surface area contributed by atoms with Crippen molar-refractivity contribution in [3.8, 4) is 0 Å². The summed E-state index contributed by atoms with van der Waals surface area (Å²) in [4.78, 5) is 12.2. The van der Waals surface area contributed by atoms with Gasteiger partial charge in [0.2, 0.25) is 5.78 Å². The Morgan fingerprint density at radius 3 is 2.31 bits per heavy atom. The number of ketones is 1. The number of Topliss-reactive ketones (excluding diaryl/α,β-unsaturated/α-hetero) is 1. The first-order valence-electron chi connectivity index (χ1n) is 6.07. The van der Waals surface area contributed by atoms with E-state index >= 15 is 0 Å². The molecule has 0 aromatic carbocycles. The van der Waals surface area contributed by atoms with Crippen LogP contribution in [0.15, 0.2) is 21.2 Å². The van der Waals surface area contributed by atoms with Gasteiger partial charge in [-0.2, -0.15) is 0 Å². The monoisotopic (exact) mass is 284 g/mol. The third kappa shape index (κ3) is 2.97. The molecule has 0 saturated heterocycles. The van der Waals surface area contributed by atoms with E-state index in [1.165, 1.54) is 32.1 Å². The number of rotatable bonds is 2. The maximum absolute atomic E-state index is 12.2. The molecule has 2 nitrogen and oxygen atoms in total. The van der Waals surface area contributed by atoms with Crippen molar-refractivity contribution in [2.75, 3.05) is 0 Å². The second-order valence-electron chi connectivity index (χ2n) is 4.51. The van der Waals surface area contributed by atoms with Gasteiger partial charge in [-0.1, -0.05) is 32.1 Å². The molecular weight excluding hydrogens is 268 g/mol. The van der Waals surface area contributed by atoms with Crippen LogP contribution < -0.4 is 0 Å². The summed E-state index contributed by atoms with van der Waals surface area (Å²) in [5, 5.41) is 0. The standard InChI is InChI=1S/C13H17BrO2/c14-12-9-8-11(16-12)13(15)10-6-4-2-1-3-5-7-10/h8-10H,1-7H2. The molecule has 88 valence electrons. The average molecular weight is 285 g/mol. The second kappa shape index (κ2) is 5.67. The summed E-state index contributed by atoms with van der Waals surface area (Å²) < 4.78 is 5.98. The van der Waals surface area contributed by atoms with Crippen molar-refractivity contribution in [1.29, 1.82) is 0 Å². The minimum absolute atomic E-state index is 0.179. The van der Waals surface area contributed by atoms with Crippen LogP contribution in [0.3, 0.4) is 0 Å². The zero-order valence-corrected chi connectivity index (χ0v) is 11.0. The van der Waals surface area contributed by atoms with Crippen molar-refractivity contribution >= 4 is 21.7 Å². The van der Waals surface area contributed by atoms with Crippen molar-refractivity contribution < 1.29 is 9.21 Å². The van der Waals surface area contributed by atoms with Gasteiger partial charge in [0.1, 0.15) is 0 Å². The lowest BCUT2D eigenvalue weighted by atomic mass is 9.87. The molecule has 0 amide bonds. The van der Waals surface area contributed by atoms with Crippen LogP contribution in [0.4, 0.5) is 0 Å². The molecule has 1 aliphatic carbocycles. The minimum atomic E-state index is 0.179. The number of carbonyl (C=O) groups is 1. The summed E-state index contributed by atoms with van der Waals surface area (Å²) in [6.45, 7) is 0. The van der Waals surface area contributed by atoms with Gasteiger partial charge < -0.3 is 4.42 Å². The van der Waals surface area contributed by atoms with Gasteiger partial charge in [-0.25, -0.2) is 0 Å². The van der Waals surface area contributed by atoms with E-state index < -0.39 is 0 Å². The molecule has 1 saturated carbocycles. The van der Waals surface area contributed by atoms with Gasteiger partial charge in [0.15, 0.2) is 10.4 Å². The Morgan fingerprint density at radius 2 is 1.75 bits per heavy atom. The largest absolute Gasteiger partial charge is 0.446 e. The van der Waals surface area contributed by atoms with E-state index in [0.717, 1.165) is 12.8 Å². The summed E-state index contributed by atoms with van der Waals surface area (Å²) in [6, 6.07) is 3.56. The summed E-state index contributed by atoms with van der Waals surface area (Å²) in [6.07, 6.45) is 8.27. The van der Waals surface area contributed by atoms with Gasteiger partial charge in [-0.3, -0.25) is 4.79 Å². The molecule has 0 N–H and O–H groups in total. The maximum Gasteiger partial charge on any atom is 0.201 e. The summed E-state index contributed by atoms with van der Waals surface area (Å²) in [5.74, 6) is 0.878. The van der Waals surface area contributed by atoms with E-state index in [1.54, 1.807) is 12.1 Å². The Balaban J connectivity index is 2.01. The Hall–Kier alpha value is -0.570. The molecule has 1 aliphatic rings. The van der Waals surface area contributed by atoms with E-state index in [0.29, 0.717) is 10.4 Å². The first-order valence-corrected chi connectivity index (χ1v) is 6.86. The van der Waals surface area contributed by atoms with Crippen LogP contribution in [0.25, 0.3) is 0 Å². The Morgan fingerprint density at radius 1 is 1.12 bits per heavy atom. The molecule has 0 unspecified atom stereocenters. The molecule has 1 heterocycles. The van der Waals surface area contributed by atoms with Crippen molar-refractivity contribution in [3.63, 3.8) is 0 Å². The van der Waals surface area contributed by atoms with Crippen molar-refractivity contribution in [2.45, 2.75) is 44.9 Å². The molecule has 0 bridgehead atoms. The highest BCUT2D eigenvalue weighted by molar-refractivity contribution is 9.10. The van der Waals surface area contributed by atoms with Crippen LogP contribution in [0, 0.1) is 5.92 Å².